The first-order valence-electron chi connectivity index (χ1n) is 21.2. The number of methoxy groups -OCH3 is 3. The van der Waals surface area contributed by atoms with Crippen molar-refractivity contribution in [2.24, 2.45) is 23.2 Å². The Kier molecular flexibility index (Phi) is 9.68. The Bertz CT molecular complexity index is 2340. The molecule has 4 fully saturated rings. The van der Waals surface area contributed by atoms with E-state index in [0.717, 1.165) is 74.8 Å². The van der Waals surface area contributed by atoms with Gasteiger partial charge in [0, 0.05) is 94.3 Å². The summed E-state index contributed by atoms with van der Waals surface area (Å²) in [7, 11) is 6.68. The van der Waals surface area contributed by atoms with Crippen LogP contribution in [0.25, 0.3) is 21.8 Å². The number of aliphatic hydroxyl groups is 1. The third-order valence-electron chi connectivity index (χ3n) is 15.6. The minimum Gasteiger partial charge on any atom is -0.496 e. The molecule has 2 aromatic carbocycles. The van der Waals surface area contributed by atoms with E-state index in [9.17, 15) is 19.5 Å². The number of para-hydroxylation sites is 1. The number of likely N-dealkylation sites (N-methyl/N-ethyl adjacent to an activating group) is 1. The Morgan fingerprint density at radius 3 is 2.47 bits per heavy atom. The van der Waals surface area contributed by atoms with Gasteiger partial charge in [0.25, 0.3) is 0 Å². The molecule has 308 valence electrons. The van der Waals surface area contributed by atoms with Gasteiger partial charge in [-0.1, -0.05) is 43.2 Å². The SMILES string of the molecule is C/C=C1/CN(C)[C@H]2Cc3c([nH]c4ccccc34)[C@H](c3cc4c5c([nH]c4cc3OC)[C@]3(C(=O)OC)C[C@@H]4C[C@H](CC)[C@@H]3N(CC5)[C@@H]4CC(C)=O)C[C@H]1[C@@]2(CO)C(=O)OC. The predicted octanol–water partition coefficient (Wildman–Crippen LogP) is 6.20. The maximum Gasteiger partial charge on any atom is 0.319 e. The van der Waals surface area contributed by atoms with Crippen LogP contribution in [-0.2, 0) is 42.1 Å². The molecule has 0 spiro atoms. The zero-order valence-electron chi connectivity index (χ0n) is 34.9. The molecule has 11 nitrogen and oxygen atoms in total. The summed E-state index contributed by atoms with van der Waals surface area (Å²) in [5.41, 5.74) is 6.17. The van der Waals surface area contributed by atoms with Crippen molar-refractivity contribution in [1.82, 2.24) is 19.8 Å². The fourth-order valence-corrected chi connectivity index (χ4v) is 13.3. The van der Waals surface area contributed by atoms with E-state index in [-0.39, 0.29) is 54.2 Å². The van der Waals surface area contributed by atoms with Gasteiger partial charge in [-0.25, -0.2) is 0 Å². The first kappa shape index (κ1) is 39.0. The highest BCUT2D eigenvalue weighted by Gasteiger charge is 2.65. The molecule has 2 aliphatic carbocycles. The smallest absolute Gasteiger partial charge is 0.319 e. The van der Waals surface area contributed by atoms with Crippen molar-refractivity contribution < 1.29 is 33.7 Å². The van der Waals surface area contributed by atoms with Crippen molar-refractivity contribution in [1.29, 1.82) is 0 Å². The number of carbonyl (C=O) groups excluding carboxylic acids is 3. The number of carbonyl (C=O) groups is 3. The van der Waals surface area contributed by atoms with E-state index in [0.29, 0.717) is 50.3 Å². The summed E-state index contributed by atoms with van der Waals surface area (Å²) in [6.45, 7) is 6.99. The molecule has 1 saturated carbocycles. The summed E-state index contributed by atoms with van der Waals surface area (Å²) in [6.07, 6.45) is 6.97. The number of rotatable bonds is 8. The normalized spacial score (nSPS) is 33.6. The van der Waals surface area contributed by atoms with Crippen molar-refractivity contribution in [3.05, 3.63) is 76.1 Å². The maximum absolute atomic E-state index is 14.5. The third-order valence-corrected chi connectivity index (χ3v) is 15.6. The second-order valence-electron chi connectivity index (χ2n) is 17.9. The Morgan fingerprint density at radius 1 is 1.00 bits per heavy atom. The first-order chi connectivity index (χ1) is 28.0. The number of ether oxygens (including phenoxy) is 3. The molecule has 3 saturated heterocycles. The van der Waals surface area contributed by atoms with Gasteiger partial charge in [-0.3, -0.25) is 24.2 Å². The fourth-order valence-electron chi connectivity index (χ4n) is 13.3. The number of benzene rings is 2. The van der Waals surface area contributed by atoms with Gasteiger partial charge in [0.05, 0.1) is 27.9 Å². The molecule has 4 aromatic rings. The average Bonchev–Trinajstić information content (AvgIpc) is 3.75. The lowest BCUT2D eigenvalue weighted by molar-refractivity contribution is -0.170. The summed E-state index contributed by atoms with van der Waals surface area (Å²) < 4.78 is 17.7. The van der Waals surface area contributed by atoms with Crippen LogP contribution in [0.4, 0.5) is 0 Å². The number of Topliss-reactive ketones (excluding diaryl/α,β-unsaturated/α-hetero) is 1. The summed E-state index contributed by atoms with van der Waals surface area (Å²) in [4.78, 5) is 53.9. The third kappa shape index (κ3) is 5.31. The molecule has 0 radical (unpaired) electrons. The number of esters is 2. The molecule has 6 aliphatic rings. The number of aromatic nitrogens is 2. The van der Waals surface area contributed by atoms with Crippen molar-refractivity contribution in [2.45, 2.75) is 95.2 Å². The molecule has 6 bridgehead atoms. The monoisotopic (exact) mass is 790 g/mol. The van der Waals surface area contributed by atoms with Crippen molar-refractivity contribution in [2.75, 3.05) is 48.1 Å². The number of ketones is 1. The zero-order valence-corrected chi connectivity index (χ0v) is 34.9. The number of aliphatic hydroxyl groups excluding tert-OH is 1. The molecule has 1 unspecified atom stereocenters. The van der Waals surface area contributed by atoms with E-state index in [1.807, 2.05) is 20.0 Å². The van der Waals surface area contributed by atoms with Crippen LogP contribution in [-0.4, -0.2) is 109 Å². The van der Waals surface area contributed by atoms with Gasteiger partial charge < -0.3 is 29.3 Å². The second kappa shape index (κ2) is 14.4. The predicted molar refractivity (Wildman–Crippen MR) is 222 cm³/mol. The lowest BCUT2D eigenvalue weighted by Crippen LogP contribution is -2.70. The maximum atomic E-state index is 14.5. The van der Waals surface area contributed by atoms with Gasteiger partial charge in [0.2, 0.25) is 0 Å². The van der Waals surface area contributed by atoms with E-state index < -0.39 is 16.8 Å². The molecule has 11 heteroatoms. The van der Waals surface area contributed by atoms with Crippen molar-refractivity contribution in [3.8, 4) is 5.75 Å². The molecule has 4 aliphatic heterocycles. The topological polar surface area (TPSA) is 137 Å². The van der Waals surface area contributed by atoms with Gasteiger partial charge >= 0.3 is 11.9 Å². The zero-order chi connectivity index (χ0) is 40.8. The standard InChI is InChI=1S/C47H58N4O7/c1-8-26-17-28-22-46(44(54)57-6)42-30(14-15-51(43(26)46)38(28)16-25(3)53)31-18-32(39(56-5)21-37(31)49-42)33-19-35-27(9-2)23-50(4)40(47(35,24-52)45(55)58-7)20-34-29-12-10-11-13-36(29)48-41(33)34/h9-13,18,21,26,28,33,35,38,40,43,48-49,52H,8,14-17,19-20,22-24H2,1-7H3/b27-9-/t26-,28-,33-,35+,38+,40-,43-,46+,47+/m0/s1. The molecular weight excluding hydrogens is 733 g/mol. The molecule has 10 rings (SSSR count). The fraction of sp³-hybridized carbons (Fsp3) is 0.553. The largest absolute Gasteiger partial charge is 0.496 e. The minimum atomic E-state index is -1.20. The van der Waals surface area contributed by atoms with Crippen molar-refractivity contribution >= 4 is 39.5 Å². The van der Waals surface area contributed by atoms with E-state index in [2.05, 4.69) is 63.1 Å². The highest BCUT2D eigenvalue weighted by atomic mass is 16.5. The van der Waals surface area contributed by atoms with E-state index in [4.69, 9.17) is 14.2 Å². The number of aromatic amines is 2. The van der Waals surface area contributed by atoms with Gasteiger partial charge in [-0.15, -0.1) is 0 Å². The number of hydrogen-bond acceptors (Lipinski definition) is 9. The van der Waals surface area contributed by atoms with Gasteiger partial charge in [-0.05, 0) is 88.1 Å². The molecule has 3 N–H and O–H groups in total. The number of piperidine rings is 3. The number of allylic oxidation sites excluding steroid dienone is 1. The molecule has 58 heavy (non-hydrogen) atoms. The Balaban J connectivity index is 1.28. The highest BCUT2D eigenvalue weighted by Crippen LogP contribution is 2.59. The number of nitrogens with one attached hydrogen (secondary N) is 2. The number of fused-ring (bicyclic) bond motifs is 9. The van der Waals surface area contributed by atoms with Crippen LogP contribution in [0.15, 0.2) is 48.0 Å². The highest BCUT2D eigenvalue weighted by molar-refractivity contribution is 5.94. The molecule has 10 atom stereocenters. The number of likely N-dealkylation sites (tertiary alicyclic amines) is 1. The Hall–Kier alpha value is -4.45. The summed E-state index contributed by atoms with van der Waals surface area (Å²) >= 11 is 0. The van der Waals surface area contributed by atoms with Gasteiger partial charge in [0.15, 0.2) is 0 Å². The van der Waals surface area contributed by atoms with Crippen LogP contribution in [0.2, 0.25) is 0 Å². The van der Waals surface area contributed by atoms with Crippen LogP contribution in [0.1, 0.15) is 86.9 Å². The summed E-state index contributed by atoms with van der Waals surface area (Å²) in [6, 6.07) is 12.4. The minimum absolute atomic E-state index is 0.0870. The van der Waals surface area contributed by atoms with Crippen LogP contribution in [0.5, 0.6) is 5.75 Å². The lowest BCUT2D eigenvalue weighted by atomic mass is 9.54. The van der Waals surface area contributed by atoms with Crippen LogP contribution in [0.3, 0.4) is 0 Å². The second-order valence-corrected chi connectivity index (χ2v) is 17.9. The molecule has 6 heterocycles. The quantitative estimate of drug-likeness (QED) is 0.141. The van der Waals surface area contributed by atoms with Crippen molar-refractivity contribution in [3.63, 3.8) is 0 Å². The summed E-state index contributed by atoms with van der Waals surface area (Å²) in [5, 5.41) is 13.6. The number of nitrogens with zero attached hydrogens (tertiary/aromatic N) is 2. The molecule has 0 amide bonds. The van der Waals surface area contributed by atoms with E-state index in [1.165, 1.54) is 14.2 Å². The van der Waals surface area contributed by atoms with E-state index in [1.54, 1.807) is 14.0 Å². The summed E-state index contributed by atoms with van der Waals surface area (Å²) in [5.74, 6) is 0.198. The first-order valence-corrected chi connectivity index (χ1v) is 21.2. The lowest BCUT2D eigenvalue weighted by Gasteiger charge is -2.61. The Labute approximate surface area is 340 Å². The number of hydrogen-bond donors (Lipinski definition) is 3. The Morgan fingerprint density at radius 2 is 1.78 bits per heavy atom. The average molecular weight is 791 g/mol. The van der Waals surface area contributed by atoms with Crippen LogP contribution >= 0.6 is 0 Å². The van der Waals surface area contributed by atoms with Gasteiger partial charge in [0.1, 0.15) is 22.4 Å². The van der Waals surface area contributed by atoms with Crippen LogP contribution in [0, 0.1) is 23.2 Å². The van der Waals surface area contributed by atoms with Gasteiger partial charge in [-0.2, -0.15) is 0 Å². The molecular formula is C47H58N4O7. The number of H-pyrrole nitrogens is 2. The van der Waals surface area contributed by atoms with E-state index >= 15 is 0 Å². The molecule has 2 aromatic heterocycles. The van der Waals surface area contributed by atoms with Crippen LogP contribution < -0.4 is 4.74 Å².